The van der Waals surface area contributed by atoms with Crippen LogP contribution in [0.25, 0.3) is 6.15 Å². The van der Waals surface area contributed by atoms with Gasteiger partial charge in [0.05, 0.1) is 11.9 Å². The number of hydrogen-bond acceptors (Lipinski definition) is 4. The number of nitrogens with two attached hydrogens (primary N) is 1. The average Bonchev–Trinajstić information content (AvgIpc) is 2.04. The minimum Gasteiger partial charge on any atom is -0.693 e. The molecule has 0 aliphatic rings. The van der Waals surface area contributed by atoms with Gasteiger partial charge in [0.2, 0.25) is 0 Å². The first-order chi connectivity index (χ1) is 5.61. The molecule has 0 radical (unpaired) electrons. The minimum atomic E-state index is -1.33. The fraction of sp³-hybridized carbons (Fsp3) is 0. The predicted molar refractivity (Wildman–Crippen MR) is 40.4 cm³/mol. The zero-order valence-electron chi connectivity index (χ0n) is 7.10. The SMILES string of the molecule is O=C([O-])c1ccc(C(=O)[O-])cc1.[La+3].[NH2-]. The third kappa shape index (κ3) is 4.02. The molecule has 0 unspecified atom stereocenters. The van der Waals surface area contributed by atoms with E-state index in [-0.39, 0.29) is 52.9 Å². The van der Waals surface area contributed by atoms with Crippen LogP contribution in [0.4, 0.5) is 0 Å². The van der Waals surface area contributed by atoms with E-state index in [9.17, 15) is 19.8 Å². The van der Waals surface area contributed by atoms with Crippen LogP contribution in [0.15, 0.2) is 24.3 Å². The van der Waals surface area contributed by atoms with Crippen LogP contribution in [0.5, 0.6) is 0 Å². The van der Waals surface area contributed by atoms with Crippen LogP contribution in [-0.4, -0.2) is 11.9 Å². The zero-order chi connectivity index (χ0) is 9.14. The van der Waals surface area contributed by atoms with Gasteiger partial charge in [-0.25, -0.2) is 0 Å². The molecule has 0 aromatic heterocycles. The number of carbonyl (C=O) groups is 2. The average molecular weight is 319 g/mol. The Bertz CT molecular complexity index is 290. The summed E-state index contributed by atoms with van der Waals surface area (Å²) in [6.45, 7) is 0. The number of benzene rings is 1. The Balaban J connectivity index is 0. The molecule has 0 atom stereocenters. The first-order valence-electron chi connectivity index (χ1n) is 3.14. The van der Waals surface area contributed by atoms with Crippen molar-refractivity contribution in [2.45, 2.75) is 0 Å². The Morgan fingerprint density at radius 2 is 1.07 bits per heavy atom. The van der Waals surface area contributed by atoms with Gasteiger partial charge in [0.1, 0.15) is 0 Å². The Morgan fingerprint density at radius 3 is 1.21 bits per heavy atom. The Kier molecular flexibility index (Phi) is 7.57. The summed E-state index contributed by atoms with van der Waals surface area (Å²) in [4.78, 5) is 20.4. The molecule has 0 saturated heterocycles. The number of carboxylic acid groups (broad SMARTS) is 2. The fourth-order valence-electron chi connectivity index (χ4n) is 0.742. The molecule has 14 heavy (non-hydrogen) atoms. The molecule has 1 rings (SSSR count). The van der Waals surface area contributed by atoms with Crippen molar-refractivity contribution >= 4 is 11.9 Å². The van der Waals surface area contributed by atoms with Gasteiger partial charge in [0, 0.05) is 0 Å². The third-order valence-corrected chi connectivity index (χ3v) is 1.36. The van der Waals surface area contributed by atoms with Gasteiger partial charge in [-0.05, 0) is 11.1 Å². The van der Waals surface area contributed by atoms with Gasteiger partial charge in [-0.2, -0.15) is 0 Å². The van der Waals surface area contributed by atoms with E-state index in [2.05, 4.69) is 0 Å². The van der Waals surface area contributed by atoms with Gasteiger partial charge >= 0.3 is 35.6 Å². The van der Waals surface area contributed by atoms with E-state index in [1.54, 1.807) is 0 Å². The summed E-state index contributed by atoms with van der Waals surface area (Å²) in [7, 11) is 0. The second-order valence-corrected chi connectivity index (χ2v) is 2.15. The van der Waals surface area contributed by atoms with Gasteiger partial charge in [0.15, 0.2) is 0 Å². The van der Waals surface area contributed by atoms with Crippen LogP contribution in [-0.2, 0) is 0 Å². The van der Waals surface area contributed by atoms with Gasteiger partial charge in [-0.3, -0.25) is 0 Å². The quantitative estimate of drug-likeness (QED) is 0.705. The van der Waals surface area contributed by atoms with Crippen molar-refractivity contribution in [3.05, 3.63) is 41.5 Å². The molecule has 0 fully saturated rings. The van der Waals surface area contributed by atoms with Gasteiger partial charge in [0.25, 0.3) is 0 Å². The summed E-state index contributed by atoms with van der Waals surface area (Å²) >= 11 is 0. The molecule has 1 aromatic carbocycles. The van der Waals surface area contributed by atoms with Crippen LogP contribution in [0.2, 0.25) is 0 Å². The molecule has 0 spiro atoms. The number of carbonyl (C=O) groups excluding carboxylic acids is 2. The summed E-state index contributed by atoms with van der Waals surface area (Å²) in [6.07, 6.45) is 0. The van der Waals surface area contributed by atoms with Gasteiger partial charge < -0.3 is 26.0 Å². The van der Waals surface area contributed by atoms with Crippen molar-refractivity contribution in [1.82, 2.24) is 0 Å². The van der Waals surface area contributed by atoms with Crippen molar-refractivity contribution in [3.8, 4) is 0 Å². The van der Waals surface area contributed by atoms with Crippen molar-refractivity contribution < 1.29 is 55.4 Å². The van der Waals surface area contributed by atoms with Crippen LogP contribution >= 0.6 is 0 Å². The summed E-state index contributed by atoms with van der Waals surface area (Å²) in [6, 6.07) is 4.61. The third-order valence-electron chi connectivity index (χ3n) is 1.36. The maximum Gasteiger partial charge on any atom is 3.00 e. The monoisotopic (exact) mass is 319 g/mol. The van der Waals surface area contributed by atoms with Crippen LogP contribution in [0.1, 0.15) is 20.7 Å². The first-order valence-corrected chi connectivity index (χ1v) is 3.14. The molecule has 1 aromatic rings. The Morgan fingerprint density at radius 1 is 0.857 bits per heavy atom. The molecule has 5 nitrogen and oxygen atoms in total. The van der Waals surface area contributed by atoms with Gasteiger partial charge in [-0.15, -0.1) is 0 Å². The summed E-state index contributed by atoms with van der Waals surface area (Å²) in [5, 5.41) is 20.4. The number of rotatable bonds is 2. The predicted octanol–water partition coefficient (Wildman–Crippen LogP) is -0.869. The molecule has 70 valence electrons. The molecule has 0 saturated carbocycles. The van der Waals surface area contributed by atoms with Crippen molar-refractivity contribution in [3.63, 3.8) is 0 Å². The molecule has 0 heterocycles. The van der Waals surface area contributed by atoms with E-state index in [1.807, 2.05) is 0 Å². The molecule has 0 bridgehead atoms. The number of aromatic carboxylic acids is 2. The van der Waals surface area contributed by atoms with E-state index in [1.165, 1.54) is 0 Å². The molecule has 0 aliphatic carbocycles. The number of hydrogen-bond donors (Lipinski definition) is 0. The molecular formula is C8H6LaNO4. The smallest absolute Gasteiger partial charge is 0.693 e. The zero-order valence-corrected chi connectivity index (χ0v) is 10.7. The van der Waals surface area contributed by atoms with E-state index < -0.39 is 11.9 Å². The normalized spacial score (nSPS) is 8.00. The molecular weight excluding hydrogens is 313 g/mol. The van der Waals surface area contributed by atoms with Crippen LogP contribution in [0.3, 0.4) is 0 Å². The topological polar surface area (TPSA) is 114 Å². The molecule has 0 aliphatic heterocycles. The van der Waals surface area contributed by atoms with Gasteiger partial charge in [-0.1, -0.05) is 24.3 Å². The standard InChI is InChI=1S/C8H6O4.La.H2N/c9-7(10)5-1-2-6(4-3-5)8(11)12;;/h1-4H,(H,9,10)(H,11,12);;1H2/q;+3;-1/p-2. The van der Waals surface area contributed by atoms with Crippen LogP contribution < -0.4 is 10.2 Å². The minimum absolute atomic E-state index is 0. The first kappa shape index (κ1) is 15.8. The number of carboxylic acids is 2. The van der Waals surface area contributed by atoms with E-state index >= 15 is 0 Å². The fourth-order valence-corrected chi connectivity index (χ4v) is 0.742. The van der Waals surface area contributed by atoms with E-state index in [0.29, 0.717) is 0 Å². The summed E-state index contributed by atoms with van der Waals surface area (Å²) < 4.78 is 0. The summed E-state index contributed by atoms with van der Waals surface area (Å²) in [5.74, 6) is -2.67. The molecule has 2 N–H and O–H groups in total. The maximum absolute atomic E-state index is 10.2. The van der Waals surface area contributed by atoms with Crippen molar-refractivity contribution in [2.24, 2.45) is 0 Å². The second-order valence-electron chi connectivity index (χ2n) is 2.15. The van der Waals surface area contributed by atoms with E-state index in [0.717, 1.165) is 24.3 Å². The molecule has 0 amide bonds. The van der Waals surface area contributed by atoms with Crippen LogP contribution in [0, 0.1) is 35.6 Å². The Hall–Kier alpha value is -0.685. The largest absolute Gasteiger partial charge is 3.00 e. The van der Waals surface area contributed by atoms with E-state index in [4.69, 9.17) is 0 Å². The summed E-state index contributed by atoms with van der Waals surface area (Å²) in [5.41, 5.74) is -0.111. The Labute approximate surface area is 108 Å². The van der Waals surface area contributed by atoms with Crippen molar-refractivity contribution in [2.75, 3.05) is 0 Å². The van der Waals surface area contributed by atoms with Crippen molar-refractivity contribution in [1.29, 1.82) is 0 Å². The maximum atomic E-state index is 10.2. The molecule has 6 heteroatoms. The second kappa shape index (κ2) is 6.72.